The zero-order valence-electron chi connectivity index (χ0n) is 12.8. The molecule has 0 spiro atoms. The minimum absolute atomic E-state index is 0.178. The van der Waals surface area contributed by atoms with Crippen LogP contribution in [-0.2, 0) is 9.31 Å². The van der Waals surface area contributed by atoms with Crippen molar-refractivity contribution in [3.8, 4) is 0 Å². The van der Waals surface area contributed by atoms with Crippen LogP contribution in [0, 0.1) is 5.41 Å². The molecule has 0 amide bonds. The van der Waals surface area contributed by atoms with Crippen LogP contribution in [0.15, 0.2) is 11.5 Å². The SMILES string of the molecule is CC1(C)CCCC/C1=C/B1OC(C)(C)C(C)(C)O1. The Hall–Kier alpha value is -0.275. The van der Waals surface area contributed by atoms with Gasteiger partial charge in [0.25, 0.3) is 0 Å². The van der Waals surface area contributed by atoms with Gasteiger partial charge < -0.3 is 9.31 Å². The Morgan fingerprint density at radius 1 is 0.944 bits per heavy atom. The molecule has 102 valence electrons. The molecule has 2 fully saturated rings. The van der Waals surface area contributed by atoms with E-state index in [9.17, 15) is 0 Å². The van der Waals surface area contributed by atoms with E-state index in [1.54, 1.807) is 0 Å². The molecule has 0 N–H and O–H groups in total. The highest BCUT2D eigenvalue weighted by Gasteiger charge is 2.50. The molecule has 0 aromatic heterocycles. The fraction of sp³-hybridized carbons (Fsp3) is 0.867. The van der Waals surface area contributed by atoms with Crippen LogP contribution in [0.1, 0.15) is 67.2 Å². The number of allylic oxidation sites excluding steroid dienone is 1. The average molecular weight is 250 g/mol. The van der Waals surface area contributed by atoms with Gasteiger partial charge >= 0.3 is 7.12 Å². The first-order chi connectivity index (χ1) is 8.14. The largest absolute Gasteiger partial charge is 0.487 e. The van der Waals surface area contributed by atoms with Gasteiger partial charge in [-0.25, -0.2) is 0 Å². The van der Waals surface area contributed by atoms with E-state index < -0.39 is 0 Å². The Balaban J connectivity index is 2.15. The fourth-order valence-electron chi connectivity index (χ4n) is 2.81. The van der Waals surface area contributed by atoms with Gasteiger partial charge in [-0.05, 0) is 52.4 Å². The molecule has 0 unspecified atom stereocenters. The first-order valence-electron chi connectivity index (χ1n) is 7.21. The summed E-state index contributed by atoms with van der Waals surface area (Å²) < 4.78 is 12.1. The van der Waals surface area contributed by atoms with Crippen LogP contribution < -0.4 is 0 Å². The third-order valence-corrected chi connectivity index (χ3v) is 4.98. The van der Waals surface area contributed by atoms with Gasteiger partial charge in [0.1, 0.15) is 0 Å². The predicted octanol–water partition coefficient (Wildman–Crippen LogP) is 4.14. The molecule has 1 aliphatic carbocycles. The first kappa shape index (κ1) is 14.1. The fourth-order valence-corrected chi connectivity index (χ4v) is 2.81. The summed E-state index contributed by atoms with van der Waals surface area (Å²) >= 11 is 0. The van der Waals surface area contributed by atoms with Crippen molar-refractivity contribution in [2.24, 2.45) is 5.41 Å². The summed E-state index contributed by atoms with van der Waals surface area (Å²) in [5, 5.41) is 0. The summed E-state index contributed by atoms with van der Waals surface area (Å²) in [5.74, 6) is 2.23. The average Bonchev–Trinajstić information content (AvgIpc) is 2.39. The van der Waals surface area contributed by atoms with Crippen molar-refractivity contribution in [2.45, 2.75) is 78.4 Å². The number of rotatable bonds is 1. The highest BCUT2D eigenvalue weighted by Crippen LogP contribution is 2.42. The summed E-state index contributed by atoms with van der Waals surface area (Å²) in [6.07, 6.45) is 5.11. The van der Waals surface area contributed by atoms with E-state index in [0.29, 0.717) is 5.41 Å². The van der Waals surface area contributed by atoms with E-state index in [0.717, 1.165) is 0 Å². The van der Waals surface area contributed by atoms with Gasteiger partial charge in [-0.2, -0.15) is 0 Å². The molecule has 2 rings (SSSR count). The van der Waals surface area contributed by atoms with Gasteiger partial charge in [0, 0.05) is 0 Å². The molecule has 0 radical (unpaired) electrons. The van der Waals surface area contributed by atoms with E-state index in [2.05, 4.69) is 47.5 Å². The van der Waals surface area contributed by atoms with E-state index in [1.807, 2.05) is 0 Å². The van der Waals surface area contributed by atoms with Crippen LogP contribution in [0.5, 0.6) is 0 Å². The Morgan fingerprint density at radius 3 is 2.00 bits per heavy atom. The van der Waals surface area contributed by atoms with Gasteiger partial charge in [0.05, 0.1) is 11.2 Å². The number of hydrogen-bond donors (Lipinski definition) is 0. The lowest BCUT2D eigenvalue weighted by Gasteiger charge is -2.33. The highest BCUT2D eigenvalue weighted by molar-refractivity contribution is 6.51. The van der Waals surface area contributed by atoms with E-state index >= 15 is 0 Å². The van der Waals surface area contributed by atoms with E-state index in [-0.39, 0.29) is 18.3 Å². The monoisotopic (exact) mass is 250 g/mol. The van der Waals surface area contributed by atoms with Crippen molar-refractivity contribution in [3.05, 3.63) is 11.5 Å². The molecule has 1 aliphatic heterocycles. The maximum Gasteiger partial charge on any atom is 0.487 e. The molecular weight excluding hydrogens is 223 g/mol. The van der Waals surface area contributed by atoms with Crippen LogP contribution >= 0.6 is 0 Å². The highest BCUT2D eigenvalue weighted by atomic mass is 16.7. The Labute approximate surface area is 112 Å². The minimum atomic E-state index is -0.229. The molecule has 0 bridgehead atoms. The topological polar surface area (TPSA) is 18.5 Å². The van der Waals surface area contributed by atoms with Gasteiger partial charge in [0.2, 0.25) is 0 Å². The lowest BCUT2D eigenvalue weighted by molar-refractivity contribution is 0.00578. The van der Waals surface area contributed by atoms with Crippen LogP contribution in [0.25, 0.3) is 0 Å². The summed E-state index contributed by atoms with van der Waals surface area (Å²) in [5.41, 5.74) is 1.36. The van der Waals surface area contributed by atoms with Crippen molar-refractivity contribution in [1.29, 1.82) is 0 Å². The molecule has 0 aromatic carbocycles. The second kappa shape index (κ2) is 4.38. The van der Waals surface area contributed by atoms with E-state index in [1.165, 1.54) is 31.3 Å². The molecule has 1 saturated carbocycles. The zero-order valence-corrected chi connectivity index (χ0v) is 12.8. The van der Waals surface area contributed by atoms with Crippen molar-refractivity contribution in [1.82, 2.24) is 0 Å². The quantitative estimate of drug-likeness (QED) is 0.651. The van der Waals surface area contributed by atoms with Gasteiger partial charge in [-0.1, -0.05) is 31.8 Å². The summed E-state index contributed by atoms with van der Waals surface area (Å²) in [4.78, 5) is 0. The molecule has 1 saturated heterocycles. The molecule has 0 aromatic rings. The lowest BCUT2D eigenvalue weighted by atomic mass is 9.69. The van der Waals surface area contributed by atoms with E-state index in [4.69, 9.17) is 9.31 Å². The lowest BCUT2D eigenvalue weighted by Crippen LogP contribution is -2.41. The van der Waals surface area contributed by atoms with Crippen LogP contribution in [-0.4, -0.2) is 18.3 Å². The first-order valence-corrected chi connectivity index (χ1v) is 7.21. The van der Waals surface area contributed by atoms with Crippen LogP contribution in [0.3, 0.4) is 0 Å². The van der Waals surface area contributed by atoms with Crippen LogP contribution in [0.2, 0.25) is 0 Å². The van der Waals surface area contributed by atoms with Crippen molar-refractivity contribution < 1.29 is 9.31 Å². The van der Waals surface area contributed by atoms with Crippen molar-refractivity contribution >= 4 is 7.12 Å². The molecule has 1 heterocycles. The Bertz CT molecular complexity index is 340. The molecule has 0 atom stereocenters. The summed E-state index contributed by atoms with van der Waals surface area (Å²) in [7, 11) is -0.178. The third-order valence-electron chi connectivity index (χ3n) is 4.98. The van der Waals surface area contributed by atoms with Gasteiger partial charge in [-0.15, -0.1) is 0 Å². The van der Waals surface area contributed by atoms with Gasteiger partial charge in [0.15, 0.2) is 0 Å². The zero-order chi connectivity index (χ0) is 13.6. The molecule has 2 aliphatic rings. The molecule has 2 nitrogen and oxygen atoms in total. The second-order valence-electron chi connectivity index (χ2n) is 7.41. The van der Waals surface area contributed by atoms with Crippen LogP contribution in [0.4, 0.5) is 0 Å². The second-order valence-corrected chi connectivity index (χ2v) is 7.41. The van der Waals surface area contributed by atoms with Crippen molar-refractivity contribution in [3.63, 3.8) is 0 Å². The summed E-state index contributed by atoms with van der Waals surface area (Å²) in [6, 6.07) is 0. The Kier molecular flexibility index (Phi) is 3.44. The smallest absolute Gasteiger partial charge is 0.400 e. The third kappa shape index (κ3) is 2.53. The summed E-state index contributed by atoms with van der Waals surface area (Å²) in [6.45, 7) is 13.1. The normalized spacial score (nSPS) is 31.9. The number of hydrogen-bond acceptors (Lipinski definition) is 2. The Morgan fingerprint density at radius 2 is 1.50 bits per heavy atom. The maximum absolute atomic E-state index is 6.06. The minimum Gasteiger partial charge on any atom is -0.400 e. The van der Waals surface area contributed by atoms with Gasteiger partial charge in [-0.3, -0.25) is 0 Å². The standard InChI is InChI=1S/C15H27BO2/c1-13(2)10-8-7-9-12(13)11-16-17-14(3,4)15(5,6)18-16/h11H,7-10H2,1-6H3/b12-11-. The molecule has 3 heteroatoms. The van der Waals surface area contributed by atoms with Crippen molar-refractivity contribution in [2.75, 3.05) is 0 Å². The predicted molar refractivity (Wildman–Crippen MR) is 76.4 cm³/mol. The molecule has 18 heavy (non-hydrogen) atoms. The molecular formula is C15H27BO2. The maximum atomic E-state index is 6.06.